The van der Waals surface area contributed by atoms with E-state index in [1.165, 1.54) is 11.3 Å². The summed E-state index contributed by atoms with van der Waals surface area (Å²) in [4.78, 5) is 4.65. The number of nitrogens with two attached hydrogens (primary N) is 1. The maximum absolute atomic E-state index is 8.80. The minimum Gasteiger partial charge on any atom is -0.481 e. The number of rotatable bonds is 4. The van der Waals surface area contributed by atoms with Crippen LogP contribution in [0.5, 0.6) is 5.88 Å². The Kier molecular flexibility index (Phi) is 3.65. The number of nitrogen functional groups attached to an aromatic ring is 1. The first-order chi connectivity index (χ1) is 8.72. The minimum atomic E-state index is 0.512. The van der Waals surface area contributed by atoms with Crippen LogP contribution in [0.1, 0.15) is 10.4 Å². The van der Waals surface area contributed by atoms with Crippen molar-refractivity contribution in [1.82, 2.24) is 4.98 Å². The second kappa shape index (κ2) is 5.38. The van der Waals surface area contributed by atoms with Crippen LogP contribution in [0.3, 0.4) is 0 Å². The van der Waals surface area contributed by atoms with Crippen LogP contribution in [-0.2, 0) is 6.54 Å². The summed E-state index contributed by atoms with van der Waals surface area (Å²) in [6.45, 7) is 0.627. The van der Waals surface area contributed by atoms with E-state index in [9.17, 15) is 0 Å². The van der Waals surface area contributed by atoms with Crippen molar-refractivity contribution in [2.24, 2.45) is 0 Å². The molecule has 0 aliphatic heterocycles. The Morgan fingerprint density at radius 2 is 2.39 bits per heavy atom. The fraction of sp³-hybridized carbons (Fsp3) is 0.167. The molecule has 0 saturated carbocycles. The smallest absolute Gasteiger partial charge is 0.212 e. The first-order valence-electron chi connectivity index (χ1n) is 5.25. The molecule has 0 aliphatic carbocycles. The molecule has 0 spiro atoms. The number of nitriles is 1. The lowest BCUT2D eigenvalue weighted by atomic mass is 10.3. The molecule has 2 rings (SSSR count). The highest BCUT2D eigenvalue weighted by Crippen LogP contribution is 2.28. The first kappa shape index (κ1) is 12.2. The molecule has 0 bridgehead atoms. The van der Waals surface area contributed by atoms with Gasteiger partial charge in [0.25, 0.3) is 0 Å². The van der Waals surface area contributed by atoms with Crippen molar-refractivity contribution in [3.63, 3.8) is 0 Å². The molecule has 0 radical (unpaired) electrons. The summed E-state index contributed by atoms with van der Waals surface area (Å²) in [5, 5.41) is 12.9. The van der Waals surface area contributed by atoms with Crippen molar-refractivity contribution >= 4 is 22.0 Å². The number of aromatic nitrogens is 1. The lowest BCUT2D eigenvalue weighted by Gasteiger charge is -2.04. The fourth-order valence-electron chi connectivity index (χ4n) is 1.41. The van der Waals surface area contributed by atoms with Crippen molar-refractivity contribution in [1.29, 1.82) is 5.26 Å². The maximum atomic E-state index is 8.80. The number of nitrogens with one attached hydrogen (secondary N) is 1. The summed E-state index contributed by atoms with van der Waals surface area (Å²) in [5.41, 5.74) is 7.22. The highest BCUT2D eigenvalue weighted by molar-refractivity contribution is 7.17. The van der Waals surface area contributed by atoms with Gasteiger partial charge in [0.15, 0.2) is 0 Å². The zero-order valence-electron chi connectivity index (χ0n) is 9.80. The Morgan fingerprint density at radius 1 is 1.56 bits per heavy atom. The van der Waals surface area contributed by atoms with Gasteiger partial charge < -0.3 is 15.8 Å². The molecule has 0 saturated heterocycles. The Hall–Kier alpha value is -2.26. The van der Waals surface area contributed by atoms with Gasteiger partial charge >= 0.3 is 0 Å². The number of anilines is 2. The zero-order valence-corrected chi connectivity index (χ0v) is 10.6. The molecule has 5 nitrogen and oxygen atoms in total. The van der Waals surface area contributed by atoms with E-state index in [1.807, 2.05) is 6.07 Å². The van der Waals surface area contributed by atoms with E-state index in [-0.39, 0.29) is 0 Å². The van der Waals surface area contributed by atoms with Crippen LogP contribution in [0.2, 0.25) is 0 Å². The average molecular weight is 260 g/mol. The second-order valence-corrected chi connectivity index (χ2v) is 4.62. The molecule has 92 valence electrons. The minimum absolute atomic E-state index is 0.512. The van der Waals surface area contributed by atoms with Gasteiger partial charge in [-0.25, -0.2) is 4.98 Å². The number of hydrogen-bond acceptors (Lipinski definition) is 6. The summed E-state index contributed by atoms with van der Waals surface area (Å²) in [5.74, 6) is 0.589. The third-order valence-electron chi connectivity index (χ3n) is 2.34. The number of nitrogens with zero attached hydrogens (tertiary/aromatic N) is 2. The van der Waals surface area contributed by atoms with Gasteiger partial charge in [0, 0.05) is 18.8 Å². The predicted octanol–water partition coefficient (Wildman–Crippen LogP) is 2.22. The normalized spacial score (nSPS) is 9.78. The molecule has 2 aromatic rings. The van der Waals surface area contributed by atoms with Crippen molar-refractivity contribution < 1.29 is 4.74 Å². The largest absolute Gasteiger partial charge is 0.481 e. The standard InChI is InChI=1S/C12H12N4OS/c1-17-11-3-2-8(6-15-11)7-16-12-4-9(14)10(5-13)18-12/h2-4,6,16H,7,14H2,1H3. The number of pyridine rings is 1. The number of methoxy groups -OCH3 is 1. The lowest BCUT2D eigenvalue weighted by Crippen LogP contribution is -1.98. The predicted molar refractivity (Wildman–Crippen MR) is 71.6 cm³/mol. The van der Waals surface area contributed by atoms with E-state index in [0.29, 0.717) is 23.0 Å². The van der Waals surface area contributed by atoms with E-state index < -0.39 is 0 Å². The summed E-state index contributed by atoms with van der Waals surface area (Å²) in [6.07, 6.45) is 1.74. The highest BCUT2D eigenvalue weighted by Gasteiger charge is 2.05. The summed E-state index contributed by atoms with van der Waals surface area (Å²) < 4.78 is 4.98. The van der Waals surface area contributed by atoms with Crippen LogP contribution in [0, 0.1) is 11.3 Å². The maximum Gasteiger partial charge on any atom is 0.212 e. The molecule has 2 aromatic heterocycles. The number of hydrogen-bond donors (Lipinski definition) is 2. The second-order valence-electron chi connectivity index (χ2n) is 3.57. The molecule has 0 amide bonds. The molecule has 0 unspecified atom stereocenters. The van der Waals surface area contributed by atoms with Gasteiger partial charge in [-0.2, -0.15) is 5.26 Å². The molecule has 0 atom stereocenters. The van der Waals surface area contributed by atoms with Gasteiger partial charge in [-0.15, -0.1) is 11.3 Å². The van der Waals surface area contributed by atoms with Crippen molar-refractivity contribution in [3.8, 4) is 11.9 Å². The molecule has 2 heterocycles. The van der Waals surface area contributed by atoms with Crippen LogP contribution >= 0.6 is 11.3 Å². The molecule has 0 aliphatic rings. The summed E-state index contributed by atoms with van der Waals surface area (Å²) in [6, 6.07) is 7.56. The van der Waals surface area contributed by atoms with Gasteiger partial charge in [0.2, 0.25) is 5.88 Å². The van der Waals surface area contributed by atoms with Crippen LogP contribution in [0.15, 0.2) is 24.4 Å². The summed E-state index contributed by atoms with van der Waals surface area (Å²) in [7, 11) is 1.58. The monoisotopic (exact) mass is 260 g/mol. The Labute approximate surface area is 109 Å². The molecule has 0 aromatic carbocycles. The van der Waals surface area contributed by atoms with Gasteiger partial charge in [-0.05, 0) is 11.6 Å². The Bertz CT molecular complexity index is 571. The Morgan fingerprint density at radius 3 is 2.94 bits per heavy atom. The number of thiophene rings is 1. The van der Waals surface area contributed by atoms with Crippen molar-refractivity contribution in [2.75, 3.05) is 18.2 Å². The van der Waals surface area contributed by atoms with Crippen LogP contribution < -0.4 is 15.8 Å². The SMILES string of the molecule is COc1ccc(CNc2cc(N)c(C#N)s2)cn1. The van der Waals surface area contributed by atoms with E-state index >= 15 is 0 Å². The van der Waals surface area contributed by atoms with Crippen LogP contribution in [0.4, 0.5) is 10.7 Å². The van der Waals surface area contributed by atoms with Gasteiger partial charge in [0.1, 0.15) is 10.9 Å². The van der Waals surface area contributed by atoms with E-state index in [1.54, 1.807) is 25.4 Å². The summed E-state index contributed by atoms with van der Waals surface area (Å²) >= 11 is 1.34. The topological polar surface area (TPSA) is 84.0 Å². The third-order valence-corrected chi connectivity index (χ3v) is 3.35. The fourth-order valence-corrected chi connectivity index (χ4v) is 2.18. The van der Waals surface area contributed by atoms with Crippen LogP contribution in [0.25, 0.3) is 0 Å². The first-order valence-corrected chi connectivity index (χ1v) is 6.07. The quantitative estimate of drug-likeness (QED) is 0.880. The van der Waals surface area contributed by atoms with Crippen LogP contribution in [-0.4, -0.2) is 12.1 Å². The highest BCUT2D eigenvalue weighted by atomic mass is 32.1. The van der Waals surface area contributed by atoms with E-state index in [2.05, 4.69) is 16.4 Å². The zero-order chi connectivity index (χ0) is 13.0. The lowest BCUT2D eigenvalue weighted by molar-refractivity contribution is 0.397. The van der Waals surface area contributed by atoms with Crippen molar-refractivity contribution in [2.45, 2.75) is 6.54 Å². The molecular formula is C12H12N4OS. The van der Waals surface area contributed by atoms with Gasteiger partial charge in [0.05, 0.1) is 17.8 Å². The van der Waals surface area contributed by atoms with Crippen molar-refractivity contribution in [3.05, 3.63) is 34.8 Å². The Balaban J connectivity index is 2.00. The van der Waals surface area contributed by atoms with E-state index in [4.69, 9.17) is 15.7 Å². The molecule has 3 N–H and O–H groups in total. The molecule has 18 heavy (non-hydrogen) atoms. The van der Waals surface area contributed by atoms with Gasteiger partial charge in [-0.3, -0.25) is 0 Å². The molecule has 0 fully saturated rings. The number of ether oxygens (including phenoxy) is 1. The average Bonchev–Trinajstić information content (AvgIpc) is 2.77. The third kappa shape index (κ3) is 2.70. The molecule has 6 heteroatoms. The van der Waals surface area contributed by atoms with Gasteiger partial charge in [-0.1, -0.05) is 6.07 Å². The molecular weight excluding hydrogens is 248 g/mol. The van der Waals surface area contributed by atoms with E-state index in [0.717, 1.165) is 10.6 Å².